The second kappa shape index (κ2) is 5.36. The van der Waals surface area contributed by atoms with Crippen LogP contribution in [0.2, 0.25) is 0 Å². The van der Waals surface area contributed by atoms with Gasteiger partial charge in [0.2, 0.25) is 0 Å². The van der Waals surface area contributed by atoms with Crippen LogP contribution in [0.25, 0.3) is 0 Å². The first kappa shape index (κ1) is 12.2. The molecule has 3 nitrogen and oxygen atoms in total. The van der Waals surface area contributed by atoms with Crippen molar-refractivity contribution >= 4 is 11.9 Å². The number of hydrogen-bond acceptors (Lipinski definition) is 3. The quantitative estimate of drug-likeness (QED) is 0.637. The summed E-state index contributed by atoms with van der Waals surface area (Å²) in [6.45, 7) is 4.14. The fourth-order valence-corrected chi connectivity index (χ4v) is 1.58. The summed E-state index contributed by atoms with van der Waals surface area (Å²) >= 11 is 0. The van der Waals surface area contributed by atoms with Crippen molar-refractivity contribution in [1.82, 2.24) is 0 Å². The van der Waals surface area contributed by atoms with E-state index in [0.717, 1.165) is 5.69 Å². The number of para-hydroxylation sites is 1. The molecule has 0 unspecified atom stereocenters. The Hall–Kier alpha value is -2.29. The van der Waals surface area contributed by atoms with Crippen molar-refractivity contribution in [2.75, 3.05) is 5.43 Å². The molecule has 0 radical (unpaired) electrons. The van der Waals surface area contributed by atoms with Gasteiger partial charge in [-0.15, -0.1) is 0 Å². The number of benzene rings is 2. The number of anilines is 1. The Morgan fingerprint density at radius 3 is 2.56 bits per heavy atom. The number of phenols is 1. The molecule has 2 rings (SSSR count). The average Bonchev–Trinajstić information content (AvgIpc) is 2.36. The molecule has 0 spiro atoms. The number of hydrazone groups is 1. The highest BCUT2D eigenvalue weighted by atomic mass is 16.3. The molecule has 18 heavy (non-hydrogen) atoms. The minimum Gasteiger partial charge on any atom is -0.507 e. The zero-order valence-electron chi connectivity index (χ0n) is 10.5. The highest BCUT2D eigenvalue weighted by Crippen LogP contribution is 2.15. The van der Waals surface area contributed by atoms with E-state index in [1.807, 2.05) is 24.3 Å². The summed E-state index contributed by atoms with van der Waals surface area (Å²) < 4.78 is 0. The lowest BCUT2D eigenvalue weighted by Crippen LogP contribution is -1.92. The number of hydrogen-bond donors (Lipinski definition) is 2. The summed E-state index contributed by atoms with van der Waals surface area (Å²) in [4.78, 5) is 0. The zero-order valence-corrected chi connectivity index (χ0v) is 10.5. The van der Waals surface area contributed by atoms with Crippen LogP contribution in [0, 0.1) is 13.8 Å². The molecule has 0 fully saturated rings. The number of nitrogens with zero attached hydrogens (tertiary/aromatic N) is 1. The first-order chi connectivity index (χ1) is 8.66. The third kappa shape index (κ3) is 2.88. The van der Waals surface area contributed by atoms with Crippen LogP contribution in [0.4, 0.5) is 5.69 Å². The Kier molecular flexibility index (Phi) is 3.63. The minimum atomic E-state index is 0.225. The second-order valence-corrected chi connectivity index (χ2v) is 4.23. The molecule has 2 aromatic carbocycles. The van der Waals surface area contributed by atoms with Gasteiger partial charge in [0.1, 0.15) is 5.75 Å². The third-order valence-electron chi connectivity index (χ3n) is 2.84. The van der Waals surface area contributed by atoms with Gasteiger partial charge in [0, 0.05) is 5.56 Å². The molecule has 0 aliphatic carbocycles. The molecule has 2 aromatic rings. The van der Waals surface area contributed by atoms with Gasteiger partial charge in [-0.05, 0) is 49.2 Å². The van der Waals surface area contributed by atoms with Gasteiger partial charge in [-0.1, -0.05) is 18.2 Å². The average molecular weight is 240 g/mol. The molecular formula is C15H16N2O. The molecule has 0 amide bonds. The molecule has 0 saturated heterocycles. The smallest absolute Gasteiger partial charge is 0.124 e. The summed E-state index contributed by atoms with van der Waals surface area (Å²) in [5.41, 5.74) is 7.05. The molecule has 3 heteroatoms. The summed E-state index contributed by atoms with van der Waals surface area (Å²) in [5, 5.41) is 13.7. The van der Waals surface area contributed by atoms with E-state index in [1.165, 1.54) is 11.1 Å². The Labute approximate surface area is 107 Å². The van der Waals surface area contributed by atoms with E-state index >= 15 is 0 Å². The van der Waals surface area contributed by atoms with Crippen LogP contribution in [0.1, 0.15) is 16.7 Å². The topological polar surface area (TPSA) is 44.6 Å². The van der Waals surface area contributed by atoms with Gasteiger partial charge in [0.05, 0.1) is 11.9 Å². The molecule has 2 N–H and O–H groups in total. The first-order valence-electron chi connectivity index (χ1n) is 5.81. The van der Waals surface area contributed by atoms with E-state index < -0.39 is 0 Å². The zero-order chi connectivity index (χ0) is 13.0. The Bertz CT molecular complexity index is 576. The van der Waals surface area contributed by atoms with E-state index in [2.05, 4.69) is 24.4 Å². The van der Waals surface area contributed by atoms with Crippen LogP contribution in [0.5, 0.6) is 5.75 Å². The Morgan fingerprint density at radius 1 is 1.06 bits per heavy atom. The first-order valence-corrected chi connectivity index (χ1v) is 5.81. The van der Waals surface area contributed by atoms with Crippen molar-refractivity contribution in [3.63, 3.8) is 0 Å². The number of phenolic OH excluding ortho intramolecular Hbond substituents is 1. The van der Waals surface area contributed by atoms with Crippen molar-refractivity contribution in [3.05, 3.63) is 59.2 Å². The van der Waals surface area contributed by atoms with Crippen LogP contribution in [0.3, 0.4) is 0 Å². The monoisotopic (exact) mass is 240 g/mol. The molecule has 0 heterocycles. The summed E-state index contributed by atoms with van der Waals surface area (Å²) in [5.74, 6) is 0.225. The molecule has 92 valence electrons. The molecule has 0 aliphatic heterocycles. The van der Waals surface area contributed by atoms with Gasteiger partial charge < -0.3 is 5.11 Å². The van der Waals surface area contributed by atoms with Crippen LogP contribution in [-0.2, 0) is 0 Å². The van der Waals surface area contributed by atoms with Crippen LogP contribution in [0.15, 0.2) is 47.6 Å². The van der Waals surface area contributed by atoms with Gasteiger partial charge in [-0.3, -0.25) is 5.43 Å². The highest BCUT2D eigenvalue weighted by Gasteiger charge is 1.96. The van der Waals surface area contributed by atoms with Crippen LogP contribution >= 0.6 is 0 Å². The van der Waals surface area contributed by atoms with Crippen LogP contribution < -0.4 is 5.43 Å². The molecule has 0 saturated carbocycles. The largest absolute Gasteiger partial charge is 0.507 e. The van der Waals surface area contributed by atoms with Gasteiger partial charge in [0.25, 0.3) is 0 Å². The maximum atomic E-state index is 9.57. The Balaban J connectivity index is 2.07. The predicted octanol–water partition coefficient (Wildman–Crippen LogP) is 3.46. The minimum absolute atomic E-state index is 0.225. The summed E-state index contributed by atoms with van der Waals surface area (Å²) in [7, 11) is 0. The normalized spacial score (nSPS) is 10.8. The van der Waals surface area contributed by atoms with Crippen LogP contribution in [-0.4, -0.2) is 11.3 Å². The van der Waals surface area contributed by atoms with E-state index in [1.54, 1.807) is 24.4 Å². The lowest BCUT2D eigenvalue weighted by molar-refractivity contribution is 0.474. The molecule has 0 bridgehead atoms. The highest BCUT2D eigenvalue weighted by molar-refractivity contribution is 5.83. The van der Waals surface area contributed by atoms with Gasteiger partial charge in [0.15, 0.2) is 0 Å². The number of aryl methyl sites for hydroxylation is 2. The summed E-state index contributed by atoms with van der Waals surface area (Å²) in [6, 6.07) is 13.1. The molecule has 0 atom stereocenters. The van der Waals surface area contributed by atoms with Gasteiger partial charge >= 0.3 is 0 Å². The Morgan fingerprint density at radius 2 is 1.83 bits per heavy atom. The number of aromatic hydroxyl groups is 1. The van der Waals surface area contributed by atoms with Crippen molar-refractivity contribution in [2.24, 2.45) is 5.10 Å². The molecule has 0 aromatic heterocycles. The molecular weight excluding hydrogens is 224 g/mol. The summed E-state index contributed by atoms with van der Waals surface area (Å²) in [6.07, 6.45) is 1.60. The standard InChI is InChI=1S/C15H16N2O/c1-11-7-8-14(9-12(11)2)17-16-10-13-5-3-4-6-15(13)18/h3-10,17-18H,1-2H3. The van der Waals surface area contributed by atoms with Gasteiger partial charge in [-0.2, -0.15) is 5.10 Å². The predicted molar refractivity (Wildman–Crippen MR) is 75.2 cm³/mol. The SMILES string of the molecule is Cc1ccc(NN=Cc2ccccc2O)cc1C. The third-order valence-corrected chi connectivity index (χ3v) is 2.84. The van der Waals surface area contributed by atoms with Crippen molar-refractivity contribution in [2.45, 2.75) is 13.8 Å². The fourth-order valence-electron chi connectivity index (χ4n) is 1.58. The maximum absolute atomic E-state index is 9.57. The number of rotatable bonds is 3. The van der Waals surface area contributed by atoms with Crippen molar-refractivity contribution < 1.29 is 5.11 Å². The lowest BCUT2D eigenvalue weighted by Gasteiger charge is -2.04. The maximum Gasteiger partial charge on any atom is 0.124 e. The van der Waals surface area contributed by atoms with Gasteiger partial charge in [-0.25, -0.2) is 0 Å². The number of nitrogens with one attached hydrogen (secondary N) is 1. The van der Waals surface area contributed by atoms with E-state index in [-0.39, 0.29) is 5.75 Å². The lowest BCUT2D eigenvalue weighted by atomic mass is 10.1. The fraction of sp³-hybridized carbons (Fsp3) is 0.133. The van der Waals surface area contributed by atoms with Crippen molar-refractivity contribution in [3.8, 4) is 5.75 Å². The molecule has 0 aliphatic rings. The second-order valence-electron chi connectivity index (χ2n) is 4.23. The van der Waals surface area contributed by atoms with E-state index in [0.29, 0.717) is 5.56 Å². The van der Waals surface area contributed by atoms with E-state index in [9.17, 15) is 5.11 Å². The van der Waals surface area contributed by atoms with E-state index in [4.69, 9.17) is 0 Å². The van der Waals surface area contributed by atoms with Crippen molar-refractivity contribution in [1.29, 1.82) is 0 Å².